The zero-order valence-corrected chi connectivity index (χ0v) is 22.6. The zero-order valence-electron chi connectivity index (χ0n) is 21.8. The Balaban J connectivity index is 1.27. The predicted molar refractivity (Wildman–Crippen MR) is 141 cm³/mol. The monoisotopic (exact) mass is 557 g/mol. The third kappa shape index (κ3) is 6.15. The molecule has 39 heavy (non-hydrogen) atoms. The number of carbonyl (C=O) groups is 1. The maximum absolute atomic E-state index is 14.0. The molecular formula is C28H32FN3O6S. The summed E-state index contributed by atoms with van der Waals surface area (Å²) >= 11 is 0. The Morgan fingerprint density at radius 1 is 1.15 bits per heavy atom. The van der Waals surface area contributed by atoms with E-state index in [0.717, 1.165) is 12.8 Å². The highest BCUT2D eigenvalue weighted by atomic mass is 32.2. The fourth-order valence-corrected chi connectivity index (χ4v) is 6.88. The molecule has 0 saturated carbocycles. The van der Waals surface area contributed by atoms with Gasteiger partial charge in [0.1, 0.15) is 17.3 Å². The third-order valence-electron chi connectivity index (χ3n) is 7.24. The van der Waals surface area contributed by atoms with Gasteiger partial charge in [0.25, 0.3) is 0 Å². The van der Waals surface area contributed by atoms with Crippen LogP contribution in [0.1, 0.15) is 48.5 Å². The van der Waals surface area contributed by atoms with Gasteiger partial charge in [-0.2, -0.15) is 4.31 Å². The van der Waals surface area contributed by atoms with Crippen LogP contribution in [0.25, 0.3) is 12.2 Å². The van der Waals surface area contributed by atoms with Crippen LogP contribution < -0.4 is 0 Å². The molecule has 1 atom stereocenters. The SMILES string of the molecule is Cc1noc(/C=C/c2ccccc2F)c1S(=O)(=O)N1CCC(C(=O)N(Cc2ccco2)CC2CCCO2)CC1. The van der Waals surface area contributed by atoms with Gasteiger partial charge in [-0.3, -0.25) is 4.79 Å². The highest BCUT2D eigenvalue weighted by Crippen LogP contribution is 2.30. The Bertz CT molecular complexity index is 1400. The first kappa shape index (κ1) is 27.3. The summed E-state index contributed by atoms with van der Waals surface area (Å²) in [6.07, 6.45) is 7.12. The quantitative estimate of drug-likeness (QED) is 0.382. The van der Waals surface area contributed by atoms with Crippen LogP contribution in [-0.2, 0) is 26.1 Å². The molecule has 2 fully saturated rings. The summed E-state index contributed by atoms with van der Waals surface area (Å²) in [7, 11) is -3.95. The molecule has 1 aromatic carbocycles. The Morgan fingerprint density at radius 2 is 1.95 bits per heavy atom. The molecule has 1 amide bonds. The number of aryl methyl sites for hydroxylation is 1. The van der Waals surface area contributed by atoms with Gasteiger partial charge in [0.2, 0.25) is 15.9 Å². The molecule has 0 N–H and O–H groups in total. The molecular weight excluding hydrogens is 525 g/mol. The van der Waals surface area contributed by atoms with Gasteiger partial charge < -0.3 is 18.6 Å². The lowest BCUT2D eigenvalue weighted by Crippen LogP contribution is -2.46. The van der Waals surface area contributed by atoms with Crippen LogP contribution in [0.3, 0.4) is 0 Å². The van der Waals surface area contributed by atoms with Crippen molar-refractivity contribution < 1.29 is 31.3 Å². The second-order valence-corrected chi connectivity index (χ2v) is 11.8. The van der Waals surface area contributed by atoms with E-state index >= 15 is 0 Å². The van der Waals surface area contributed by atoms with Crippen LogP contribution in [0.15, 0.2) is 56.5 Å². The molecule has 2 aliphatic rings. The average Bonchev–Trinajstić information content (AvgIpc) is 3.71. The van der Waals surface area contributed by atoms with Crippen LogP contribution in [0.2, 0.25) is 0 Å². The van der Waals surface area contributed by atoms with Crippen molar-refractivity contribution in [3.63, 3.8) is 0 Å². The maximum atomic E-state index is 14.0. The van der Waals surface area contributed by atoms with Gasteiger partial charge >= 0.3 is 0 Å². The minimum absolute atomic E-state index is 0.00298. The van der Waals surface area contributed by atoms with Gasteiger partial charge in [0, 0.05) is 37.7 Å². The number of benzene rings is 1. The van der Waals surface area contributed by atoms with Gasteiger partial charge in [0.15, 0.2) is 10.7 Å². The molecule has 11 heteroatoms. The van der Waals surface area contributed by atoms with Gasteiger partial charge in [-0.15, -0.1) is 0 Å². The molecule has 2 aromatic heterocycles. The number of rotatable bonds is 9. The second-order valence-electron chi connectivity index (χ2n) is 9.93. The van der Waals surface area contributed by atoms with Crippen molar-refractivity contribution in [1.29, 1.82) is 0 Å². The van der Waals surface area contributed by atoms with E-state index in [9.17, 15) is 17.6 Å². The molecule has 4 heterocycles. The van der Waals surface area contributed by atoms with E-state index in [-0.39, 0.29) is 47.4 Å². The topological polar surface area (TPSA) is 106 Å². The minimum atomic E-state index is -3.95. The van der Waals surface area contributed by atoms with Gasteiger partial charge in [-0.25, -0.2) is 12.8 Å². The van der Waals surface area contributed by atoms with E-state index in [1.807, 2.05) is 6.07 Å². The summed E-state index contributed by atoms with van der Waals surface area (Å²) in [4.78, 5) is 15.3. The maximum Gasteiger partial charge on any atom is 0.248 e. The van der Waals surface area contributed by atoms with E-state index in [0.29, 0.717) is 43.9 Å². The molecule has 0 aliphatic carbocycles. The van der Waals surface area contributed by atoms with Crippen molar-refractivity contribution in [2.24, 2.45) is 5.92 Å². The van der Waals surface area contributed by atoms with Gasteiger partial charge in [-0.1, -0.05) is 23.4 Å². The lowest BCUT2D eigenvalue weighted by atomic mass is 9.96. The molecule has 2 saturated heterocycles. The number of amides is 1. The summed E-state index contributed by atoms with van der Waals surface area (Å²) in [5, 5.41) is 3.86. The molecule has 1 unspecified atom stereocenters. The minimum Gasteiger partial charge on any atom is -0.467 e. The van der Waals surface area contributed by atoms with Gasteiger partial charge in [0.05, 0.1) is 18.9 Å². The third-order valence-corrected chi connectivity index (χ3v) is 9.30. The first-order valence-corrected chi connectivity index (χ1v) is 14.6. The van der Waals surface area contributed by atoms with Crippen molar-refractivity contribution in [3.8, 4) is 0 Å². The number of halogens is 1. The molecule has 9 nitrogen and oxygen atoms in total. The fraction of sp³-hybridized carbons (Fsp3) is 0.429. The smallest absolute Gasteiger partial charge is 0.248 e. The average molecular weight is 558 g/mol. The number of ether oxygens (including phenoxy) is 1. The van der Waals surface area contributed by atoms with Crippen molar-refractivity contribution in [2.45, 2.75) is 50.2 Å². The van der Waals surface area contributed by atoms with Crippen molar-refractivity contribution in [3.05, 3.63) is 71.3 Å². The number of aromatic nitrogens is 1. The first-order chi connectivity index (χ1) is 18.8. The zero-order chi connectivity index (χ0) is 27.4. The molecule has 0 radical (unpaired) electrons. The standard InChI is InChI=1S/C28H32FN3O6S/c1-20-27(26(38-30-20)11-10-21-6-2-3-9-25(21)29)39(34,35)32-14-12-22(13-15-32)28(33)31(18-23-7-4-16-36-23)19-24-8-5-17-37-24/h2-4,6-7,9-11,16,22,24H,5,8,12-15,17-19H2,1H3/b11-10+. The summed E-state index contributed by atoms with van der Waals surface area (Å²) in [6, 6.07) is 9.80. The number of carbonyl (C=O) groups excluding carboxylic acids is 1. The molecule has 5 rings (SSSR count). The van der Waals surface area contributed by atoms with E-state index < -0.39 is 15.8 Å². The van der Waals surface area contributed by atoms with Crippen LogP contribution >= 0.6 is 0 Å². The summed E-state index contributed by atoms with van der Waals surface area (Å²) in [5.74, 6) is -0.0254. The predicted octanol–water partition coefficient (Wildman–Crippen LogP) is 4.49. The van der Waals surface area contributed by atoms with E-state index in [1.165, 1.54) is 22.5 Å². The van der Waals surface area contributed by atoms with Crippen LogP contribution in [0, 0.1) is 18.7 Å². The van der Waals surface area contributed by atoms with Crippen molar-refractivity contribution in [2.75, 3.05) is 26.2 Å². The van der Waals surface area contributed by atoms with E-state index in [2.05, 4.69) is 5.16 Å². The normalized spacial score (nSPS) is 19.2. The van der Waals surface area contributed by atoms with E-state index in [4.69, 9.17) is 13.7 Å². The number of sulfonamides is 1. The summed E-state index contributed by atoms with van der Waals surface area (Å²) in [5.41, 5.74) is 0.527. The Kier molecular flexibility index (Phi) is 8.29. The fourth-order valence-electron chi connectivity index (χ4n) is 5.16. The van der Waals surface area contributed by atoms with E-state index in [1.54, 1.807) is 42.4 Å². The molecule has 2 aliphatic heterocycles. The van der Waals surface area contributed by atoms with Crippen LogP contribution in [-0.4, -0.2) is 61.0 Å². The van der Waals surface area contributed by atoms with Crippen molar-refractivity contribution >= 4 is 28.1 Å². The highest BCUT2D eigenvalue weighted by Gasteiger charge is 2.37. The number of hydrogen-bond donors (Lipinski definition) is 0. The number of furan rings is 1. The van der Waals surface area contributed by atoms with Crippen LogP contribution in [0.4, 0.5) is 4.39 Å². The Morgan fingerprint density at radius 3 is 2.64 bits per heavy atom. The number of nitrogens with zero attached hydrogens (tertiary/aromatic N) is 3. The summed E-state index contributed by atoms with van der Waals surface area (Å²) in [6.45, 7) is 3.47. The molecule has 3 aromatic rings. The number of hydrogen-bond acceptors (Lipinski definition) is 7. The highest BCUT2D eigenvalue weighted by molar-refractivity contribution is 7.89. The second kappa shape index (κ2) is 11.8. The molecule has 0 bridgehead atoms. The number of piperidine rings is 1. The summed E-state index contributed by atoms with van der Waals surface area (Å²) < 4.78 is 59.2. The van der Waals surface area contributed by atoms with Gasteiger partial charge in [-0.05, 0) is 63.0 Å². The van der Waals surface area contributed by atoms with Crippen molar-refractivity contribution in [1.82, 2.24) is 14.4 Å². The lowest BCUT2D eigenvalue weighted by molar-refractivity contribution is -0.139. The molecule has 0 spiro atoms. The van der Waals surface area contributed by atoms with Crippen LogP contribution in [0.5, 0.6) is 0 Å². The first-order valence-electron chi connectivity index (χ1n) is 13.1. The molecule has 208 valence electrons. The Hall–Kier alpha value is -3.28. The Labute approximate surface area is 227 Å². The lowest BCUT2D eigenvalue weighted by Gasteiger charge is -2.34. The largest absolute Gasteiger partial charge is 0.467 e.